The van der Waals surface area contributed by atoms with Gasteiger partial charge in [0.05, 0.1) is 22.7 Å². The van der Waals surface area contributed by atoms with Crippen molar-refractivity contribution >= 4 is 51.0 Å². The molecule has 0 radical (unpaired) electrons. The van der Waals surface area contributed by atoms with E-state index in [1.807, 2.05) is 24.3 Å². The van der Waals surface area contributed by atoms with Crippen LogP contribution >= 0.6 is 27.5 Å². The molecule has 1 amide bonds. The second-order valence-electron chi connectivity index (χ2n) is 5.78. The summed E-state index contributed by atoms with van der Waals surface area (Å²) in [7, 11) is 0. The van der Waals surface area contributed by atoms with Gasteiger partial charge in [0, 0.05) is 27.9 Å². The molecule has 0 fully saturated rings. The van der Waals surface area contributed by atoms with Crippen LogP contribution in [0.4, 0.5) is 11.4 Å². The lowest BCUT2D eigenvalue weighted by Crippen LogP contribution is -2.25. The predicted molar refractivity (Wildman–Crippen MR) is 114 cm³/mol. The van der Waals surface area contributed by atoms with E-state index in [2.05, 4.69) is 31.8 Å². The number of carbonyl (C=O) groups is 1. The molecule has 3 rings (SSSR count). The van der Waals surface area contributed by atoms with E-state index in [0.717, 1.165) is 10.2 Å². The number of amides is 1. The Hall–Kier alpha value is -3.17. The van der Waals surface area contributed by atoms with Crippen molar-refractivity contribution in [2.45, 2.75) is 0 Å². The SMILES string of the molecule is O=C(CNc1cccc(Br)c1)N/N=C/c1ccc(-c2cc([N+](=O)[O-])ccc2Cl)o1. The summed E-state index contributed by atoms with van der Waals surface area (Å²) >= 11 is 9.46. The van der Waals surface area contributed by atoms with Crippen LogP contribution in [0.2, 0.25) is 5.02 Å². The molecule has 1 aromatic heterocycles. The monoisotopic (exact) mass is 476 g/mol. The number of furan rings is 1. The third kappa shape index (κ3) is 5.66. The Morgan fingerprint density at radius 3 is 2.83 bits per heavy atom. The molecule has 0 aliphatic rings. The first-order valence-corrected chi connectivity index (χ1v) is 9.45. The second kappa shape index (κ2) is 9.35. The fourth-order valence-corrected chi connectivity index (χ4v) is 2.98. The topological polar surface area (TPSA) is 110 Å². The first kappa shape index (κ1) is 20.6. The largest absolute Gasteiger partial charge is 0.455 e. The van der Waals surface area contributed by atoms with Crippen LogP contribution in [0.3, 0.4) is 0 Å². The van der Waals surface area contributed by atoms with Gasteiger partial charge in [0.2, 0.25) is 0 Å². The summed E-state index contributed by atoms with van der Waals surface area (Å²) in [4.78, 5) is 22.3. The lowest BCUT2D eigenvalue weighted by molar-refractivity contribution is -0.384. The third-order valence-electron chi connectivity index (χ3n) is 3.71. The van der Waals surface area contributed by atoms with E-state index >= 15 is 0 Å². The Labute approximate surface area is 178 Å². The van der Waals surface area contributed by atoms with Gasteiger partial charge in [-0.1, -0.05) is 33.6 Å². The number of non-ortho nitro benzene ring substituents is 1. The molecule has 0 saturated heterocycles. The quantitative estimate of drug-likeness (QED) is 0.288. The van der Waals surface area contributed by atoms with Crippen LogP contribution in [-0.4, -0.2) is 23.6 Å². The molecule has 2 aromatic carbocycles. The molecule has 0 saturated carbocycles. The van der Waals surface area contributed by atoms with Gasteiger partial charge in [-0.3, -0.25) is 14.9 Å². The summed E-state index contributed by atoms with van der Waals surface area (Å²) in [6.07, 6.45) is 1.33. The minimum Gasteiger partial charge on any atom is -0.455 e. The average Bonchev–Trinajstić information content (AvgIpc) is 3.15. The Morgan fingerprint density at radius 1 is 1.24 bits per heavy atom. The van der Waals surface area contributed by atoms with Gasteiger partial charge in [-0.15, -0.1) is 0 Å². The molecular weight excluding hydrogens is 464 g/mol. The van der Waals surface area contributed by atoms with Crippen molar-refractivity contribution < 1.29 is 14.1 Å². The average molecular weight is 478 g/mol. The number of hydrogen-bond acceptors (Lipinski definition) is 6. The van der Waals surface area contributed by atoms with Crippen LogP contribution in [0.25, 0.3) is 11.3 Å². The van der Waals surface area contributed by atoms with Crippen LogP contribution in [0.15, 0.2) is 68.6 Å². The number of nitrogens with zero attached hydrogens (tertiary/aromatic N) is 2. The van der Waals surface area contributed by atoms with Crippen molar-refractivity contribution in [2.75, 3.05) is 11.9 Å². The van der Waals surface area contributed by atoms with E-state index in [9.17, 15) is 14.9 Å². The molecule has 0 aliphatic heterocycles. The van der Waals surface area contributed by atoms with Gasteiger partial charge < -0.3 is 9.73 Å². The van der Waals surface area contributed by atoms with Crippen LogP contribution in [0, 0.1) is 10.1 Å². The zero-order valence-corrected chi connectivity index (χ0v) is 17.1. The van der Waals surface area contributed by atoms with Gasteiger partial charge in [-0.25, -0.2) is 5.43 Å². The molecule has 0 unspecified atom stereocenters. The zero-order chi connectivity index (χ0) is 20.8. The number of hydrogen-bond donors (Lipinski definition) is 2. The summed E-state index contributed by atoms with van der Waals surface area (Å²) in [6, 6.07) is 14.7. The standard InChI is InChI=1S/C19H14BrClN4O4/c20-12-2-1-3-13(8-12)22-11-19(26)24-23-10-15-5-7-18(29-15)16-9-14(25(27)28)4-6-17(16)21/h1-10,22H,11H2,(H,24,26)/b23-10+. The number of benzene rings is 2. The highest BCUT2D eigenvalue weighted by molar-refractivity contribution is 9.10. The molecule has 148 valence electrons. The number of carbonyl (C=O) groups excluding carboxylic acids is 1. The zero-order valence-electron chi connectivity index (χ0n) is 14.8. The maximum absolute atomic E-state index is 11.9. The smallest absolute Gasteiger partial charge is 0.270 e. The molecule has 10 heteroatoms. The van der Waals surface area contributed by atoms with Crippen LogP contribution in [-0.2, 0) is 4.79 Å². The number of nitrogens with one attached hydrogen (secondary N) is 2. The fraction of sp³-hybridized carbons (Fsp3) is 0.0526. The second-order valence-corrected chi connectivity index (χ2v) is 7.10. The summed E-state index contributed by atoms with van der Waals surface area (Å²) in [5, 5.41) is 18.1. The lowest BCUT2D eigenvalue weighted by atomic mass is 10.1. The Balaban J connectivity index is 1.58. The molecule has 8 nitrogen and oxygen atoms in total. The van der Waals surface area contributed by atoms with Crippen molar-refractivity contribution in [3.63, 3.8) is 0 Å². The molecule has 0 bridgehead atoms. The maximum Gasteiger partial charge on any atom is 0.270 e. The number of anilines is 1. The Bertz CT molecular complexity index is 1080. The van der Waals surface area contributed by atoms with Crippen molar-refractivity contribution in [2.24, 2.45) is 5.10 Å². The van der Waals surface area contributed by atoms with E-state index in [1.165, 1.54) is 24.4 Å². The van der Waals surface area contributed by atoms with Crippen molar-refractivity contribution in [1.82, 2.24) is 5.43 Å². The van der Waals surface area contributed by atoms with Crippen molar-refractivity contribution in [3.05, 3.63) is 80.0 Å². The molecule has 2 N–H and O–H groups in total. The molecule has 29 heavy (non-hydrogen) atoms. The van der Waals surface area contributed by atoms with Gasteiger partial charge in [-0.05, 0) is 36.4 Å². The van der Waals surface area contributed by atoms with Crippen LogP contribution in [0.1, 0.15) is 5.76 Å². The Kier molecular flexibility index (Phi) is 6.63. The van der Waals surface area contributed by atoms with Gasteiger partial charge in [0.15, 0.2) is 0 Å². The molecule has 0 aliphatic carbocycles. The highest BCUT2D eigenvalue weighted by atomic mass is 79.9. The minimum absolute atomic E-state index is 0.0422. The summed E-state index contributed by atoms with van der Waals surface area (Å²) < 4.78 is 6.48. The summed E-state index contributed by atoms with van der Waals surface area (Å²) in [5.41, 5.74) is 3.47. The number of hydrazone groups is 1. The summed E-state index contributed by atoms with van der Waals surface area (Å²) in [5.74, 6) is 0.361. The first-order valence-electron chi connectivity index (χ1n) is 8.28. The van der Waals surface area contributed by atoms with Crippen LogP contribution in [0.5, 0.6) is 0 Å². The van der Waals surface area contributed by atoms with Gasteiger partial charge >= 0.3 is 0 Å². The summed E-state index contributed by atoms with van der Waals surface area (Å²) in [6.45, 7) is 0.0422. The number of halogens is 2. The molecule has 0 atom stereocenters. The van der Waals surface area contributed by atoms with Crippen LogP contribution < -0.4 is 10.7 Å². The lowest BCUT2D eigenvalue weighted by Gasteiger charge is -2.05. The van der Waals surface area contributed by atoms with Gasteiger partial charge in [-0.2, -0.15) is 5.10 Å². The minimum atomic E-state index is -0.511. The van der Waals surface area contributed by atoms with E-state index in [4.69, 9.17) is 16.0 Å². The first-order chi connectivity index (χ1) is 13.9. The third-order valence-corrected chi connectivity index (χ3v) is 4.53. The van der Waals surface area contributed by atoms with Crippen molar-refractivity contribution in [3.8, 4) is 11.3 Å². The molecule has 1 heterocycles. The van der Waals surface area contributed by atoms with Gasteiger partial charge in [0.25, 0.3) is 11.6 Å². The predicted octanol–water partition coefficient (Wildman–Crippen LogP) is 4.83. The van der Waals surface area contributed by atoms with E-state index in [0.29, 0.717) is 22.1 Å². The number of nitro benzene ring substituents is 1. The van der Waals surface area contributed by atoms with E-state index in [-0.39, 0.29) is 18.1 Å². The molecule has 0 spiro atoms. The van der Waals surface area contributed by atoms with Crippen molar-refractivity contribution in [1.29, 1.82) is 0 Å². The van der Waals surface area contributed by atoms with E-state index < -0.39 is 4.92 Å². The number of rotatable bonds is 7. The Morgan fingerprint density at radius 2 is 2.07 bits per heavy atom. The molecule has 3 aromatic rings. The highest BCUT2D eigenvalue weighted by Crippen LogP contribution is 2.32. The maximum atomic E-state index is 11.9. The fourth-order valence-electron chi connectivity index (χ4n) is 2.37. The highest BCUT2D eigenvalue weighted by Gasteiger charge is 2.14. The molecular formula is C19H14BrClN4O4. The number of nitro groups is 1. The van der Waals surface area contributed by atoms with Gasteiger partial charge in [0.1, 0.15) is 11.5 Å². The normalized spacial score (nSPS) is 10.8. The van der Waals surface area contributed by atoms with E-state index in [1.54, 1.807) is 12.1 Å².